The summed E-state index contributed by atoms with van der Waals surface area (Å²) in [7, 11) is 1.69. The first-order chi connectivity index (χ1) is 9.67. The van der Waals surface area contributed by atoms with Gasteiger partial charge in [0.05, 0.1) is 6.54 Å². The second-order valence-corrected chi connectivity index (χ2v) is 4.55. The van der Waals surface area contributed by atoms with Crippen molar-refractivity contribution < 1.29 is 9.13 Å². The van der Waals surface area contributed by atoms with Crippen molar-refractivity contribution in [2.24, 2.45) is 4.99 Å². The Morgan fingerprint density at radius 2 is 2.10 bits per heavy atom. The number of aliphatic imine (C=N–C) groups is 1. The minimum Gasteiger partial charge on any atom is -0.385 e. The highest BCUT2D eigenvalue weighted by molar-refractivity contribution is 14.0. The second kappa shape index (κ2) is 11.7. The third-order valence-electron chi connectivity index (χ3n) is 2.80. The molecule has 0 unspecified atom stereocenters. The first-order valence-corrected chi connectivity index (χ1v) is 6.93. The van der Waals surface area contributed by atoms with E-state index in [0.717, 1.165) is 37.6 Å². The summed E-state index contributed by atoms with van der Waals surface area (Å²) < 4.78 is 18.2. The Morgan fingerprint density at radius 3 is 2.71 bits per heavy atom. The molecule has 0 spiro atoms. The molecule has 0 atom stereocenters. The molecule has 120 valence electrons. The Hall–Kier alpha value is -0.890. The van der Waals surface area contributed by atoms with Gasteiger partial charge in [0.15, 0.2) is 5.96 Å². The summed E-state index contributed by atoms with van der Waals surface area (Å²) in [5.41, 5.74) is 1.65. The molecule has 0 radical (unpaired) electrons. The molecule has 4 nitrogen and oxygen atoms in total. The van der Waals surface area contributed by atoms with Gasteiger partial charge in [-0.3, -0.25) is 0 Å². The van der Waals surface area contributed by atoms with Crippen LogP contribution < -0.4 is 10.6 Å². The average Bonchev–Trinajstić information content (AvgIpc) is 2.44. The molecular formula is C15H25FIN3O. The lowest BCUT2D eigenvalue weighted by Gasteiger charge is -2.11. The zero-order chi connectivity index (χ0) is 14.8. The summed E-state index contributed by atoms with van der Waals surface area (Å²) >= 11 is 0. The van der Waals surface area contributed by atoms with Crippen LogP contribution in [0.2, 0.25) is 0 Å². The minimum absolute atomic E-state index is 0. The van der Waals surface area contributed by atoms with E-state index in [0.29, 0.717) is 12.1 Å². The third kappa shape index (κ3) is 8.21. The number of aryl methyl sites for hydroxylation is 1. The van der Waals surface area contributed by atoms with Gasteiger partial charge >= 0.3 is 0 Å². The fourth-order valence-corrected chi connectivity index (χ4v) is 1.74. The normalized spacial score (nSPS) is 11.0. The van der Waals surface area contributed by atoms with Crippen molar-refractivity contribution in [3.05, 3.63) is 35.1 Å². The number of rotatable bonds is 7. The predicted octanol–water partition coefficient (Wildman–Crippen LogP) is 2.84. The smallest absolute Gasteiger partial charge is 0.191 e. The molecule has 0 saturated heterocycles. The highest BCUT2D eigenvalue weighted by Gasteiger charge is 2.00. The molecule has 0 aliphatic heterocycles. The predicted molar refractivity (Wildman–Crippen MR) is 95.9 cm³/mol. The van der Waals surface area contributed by atoms with Gasteiger partial charge in [0, 0.05) is 26.8 Å². The van der Waals surface area contributed by atoms with E-state index in [4.69, 9.17) is 4.74 Å². The lowest BCUT2D eigenvalue weighted by molar-refractivity contribution is 0.195. The average molecular weight is 409 g/mol. The quantitative estimate of drug-likeness (QED) is 0.315. The Balaban J connectivity index is 0.00000400. The van der Waals surface area contributed by atoms with E-state index in [2.05, 4.69) is 15.6 Å². The van der Waals surface area contributed by atoms with Crippen LogP contribution in [0.5, 0.6) is 0 Å². The molecule has 0 aromatic heterocycles. The van der Waals surface area contributed by atoms with Crippen molar-refractivity contribution in [3.8, 4) is 0 Å². The van der Waals surface area contributed by atoms with Crippen molar-refractivity contribution in [1.82, 2.24) is 10.6 Å². The Bertz CT molecular complexity index is 441. The Morgan fingerprint density at radius 1 is 1.33 bits per heavy atom. The molecule has 21 heavy (non-hydrogen) atoms. The summed E-state index contributed by atoms with van der Waals surface area (Å²) in [5.74, 6) is 0.591. The van der Waals surface area contributed by atoms with Crippen molar-refractivity contribution in [1.29, 1.82) is 0 Å². The van der Waals surface area contributed by atoms with E-state index in [1.54, 1.807) is 20.1 Å². The van der Waals surface area contributed by atoms with Crippen LogP contribution in [0.15, 0.2) is 23.2 Å². The number of ether oxygens (including phenoxy) is 1. The summed E-state index contributed by atoms with van der Waals surface area (Å²) in [4.78, 5) is 4.48. The van der Waals surface area contributed by atoms with Crippen LogP contribution in [-0.2, 0) is 11.3 Å². The largest absolute Gasteiger partial charge is 0.385 e. The van der Waals surface area contributed by atoms with E-state index in [-0.39, 0.29) is 29.8 Å². The molecule has 1 rings (SSSR count). The van der Waals surface area contributed by atoms with Gasteiger partial charge in [-0.15, -0.1) is 24.0 Å². The number of nitrogens with one attached hydrogen (secondary N) is 2. The molecule has 0 saturated carbocycles. The molecule has 0 amide bonds. The molecule has 0 fully saturated rings. The van der Waals surface area contributed by atoms with Crippen molar-refractivity contribution in [2.45, 2.75) is 26.8 Å². The number of methoxy groups -OCH3 is 1. The van der Waals surface area contributed by atoms with Crippen molar-refractivity contribution in [2.75, 3.05) is 26.8 Å². The van der Waals surface area contributed by atoms with Gasteiger partial charge in [0.1, 0.15) is 5.82 Å². The Labute approximate surface area is 143 Å². The van der Waals surface area contributed by atoms with Crippen LogP contribution in [0.4, 0.5) is 4.39 Å². The number of hydrogen-bond acceptors (Lipinski definition) is 2. The minimum atomic E-state index is -0.178. The van der Waals surface area contributed by atoms with Crippen LogP contribution in [0.1, 0.15) is 24.5 Å². The van der Waals surface area contributed by atoms with Crippen LogP contribution in [0.25, 0.3) is 0 Å². The van der Waals surface area contributed by atoms with Crippen LogP contribution >= 0.6 is 24.0 Å². The van der Waals surface area contributed by atoms with Gasteiger partial charge in [-0.05, 0) is 37.5 Å². The molecular weight excluding hydrogens is 384 g/mol. The summed E-state index contributed by atoms with van der Waals surface area (Å²) in [6.07, 6.45) is 0.927. The number of benzene rings is 1. The maximum Gasteiger partial charge on any atom is 0.191 e. The lowest BCUT2D eigenvalue weighted by Crippen LogP contribution is -2.38. The highest BCUT2D eigenvalue weighted by Crippen LogP contribution is 2.09. The van der Waals surface area contributed by atoms with Gasteiger partial charge in [0.25, 0.3) is 0 Å². The fraction of sp³-hybridized carbons (Fsp3) is 0.533. The zero-order valence-electron chi connectivity index (χ0n) is 12.9. The molecule has 1 aromatic carbocycles. The molecule has 0 aliphatic carbocycles. The highest BCUT2D eigenvalue weighted by atomic mass is 127. The Kier molecular flexibility index (Phi) is 11.2. The number of nitrogens with zero attached hydrogens (tertiary/aromatic N) is 1. The number of guanidine groups is 1. The van der Waals surface area contributed by atoms with Gasteiger partial charge in [0.2, 0.25) is 0 Å². The number of hydrogen-bond donors (Lipinski definition) is 2. The number of halogens is 2. The SMILES string of the molecule is CCNC(=NCc1ccc(F)c(C)c1)NCCCOC.I. The lowest BCUT2D eigenvalue weighted by atomic mass is 10.1. The van der Waals surface area contributed by atoms with E-state index in [1.165, 1.54) is 6.07 Å². The van der Waals surface area contributed by atoms with Crippen LogP contribution in [0, 0.1) is 12.7 Å². The third-order valence-corrected chi connectivity index (χ3v) is 2.80. The maximum atomic E-state index is 13.2. The van der Waals surface area contributed by atoms with Crippen molar-refractivity contribution >= 4 is 29.9 Å². The van der Waals surface area contributed by atoms with E-state index in [1.807, 2.05) is 13.0 Å². The van der Waals surface area contributed by atoms with Gasteiger partial charge in [-0.2, -0.15) is 0 Å². The maximum absolute atomic E-state index is 13.2. The fourth-order valence-electron chi connectivity index (χ4n) is 1.74. The van der Waals surface area contributed by atoms with Gasteiger partial charge in [-0.25, -0.2) is 9.38 Å². The summed E-state index contributed by atoms with van der Waals surface area (Å²) in [5, 5.41) is 6.42. The molecule has 2 N–H and O–H groups in total. The standard InChI is InChI=1S/C15H24FN3O.HI/c1-4-17-15(18-8-5-9-20-3)19-11-13-6-7-14(16)12(2)10-13;/h6-7,10H,4-5,8-9,11H2,1-3H3,(H2,17,18,19);1H. The molecule has 0 heterocycles. The van der Waals surface area contributed by atoms with Crippen LogP contribution in [0.3, 0.4) is 0 Å². The van der Waals surface area contributed by atoms with Crippen molar-refractivity contribution in [3.63, 3.8) is 0 Å². The zero-order valence-corrected chi connectivity index (χ0v) is 15.2. The van der Waals surface area contributed by atoms with E-state index in [9.17, 15) is 4.39 Å². The van der Waals surface area contributed by atoms with Crippen LogP contribution in [-0.4, -0.2) is 32.8 Å². The molecule has 0 bridgehead atoms. The van der Waals surface area contributed by atoms with Gasteiger partial charge < -0.3 is 15.4 Å². The topological polar surface area (TPSA) is 45.7 Å². The monoisotopic (exact) mass is 409 g/mol. The summed E-state index contributed by atoms with van der Waals surface area (Å²) in [6, 6.07) is 5.08. The van der Waals surface area contributed by atoms with E-state index < -0.39 is 0 Å². The first kappa shape index (κ1) is 20.1. The second-order valence-electron chi connectivity index (χ2n) is 4.55. The molecule has 1 aromatic rings. The first-order valence-electron chi connectivity index (χ1n) is 6.93. The van der Waals surface area contributed by atoms with E-state index >= 15 is 0 Å². The molecule has 6 heteroatoms. The van der Waals surface area contributed by atoms with Gasteiger partial charge in [-0.1, -0.05) is 12.1 Å². The molecule has 0 aliphatic rings. The summed E-state index contributed by atoms with van der Waals surface area (Å²) in [6.45, 7) is 6.65.